The van der Waals surface area contributed by atoms with E-state index in [1.54, 1.807) is 6.92 Å². The van der Waals surface area contributed by atoms with Gasteiger partial charge < -0.3 is 10.5 Å². The Bertz CT molecular complexity index is 330. The fourth-order valence-corrected chi connectivity index (χ4v) is 3.22. The molecule has 5 nitrogen and oxygen atoms in total. The summed E-state index contributed by atoms with van der Waals surface area (Å²) in [5, 5.41) is -0.486. The van der Waals surface area contributed by atoms with E-state index >= 15 is 0 Å². The normalized spacial score (nSPS) is 25.1. The zero-order chi connectivity index (χ0) is 13.1. The van der Waals surface area contributed by atoms with E-state index in [0.29, 0.717) is 19.2 Å². The topological polar surface area (TPSA) is 72.6 Å². The van der Waals surface area contributed by atoms with Crippen LogP contribution in [0.15, 0.2) is 0 Å². The molecule has 0 aromatic carbocycles. The second-order valence-electron chi connectivity index (χ2n) is 4.96. The number of morpholine rings is 1. The molecule has 0 saturated carbocycles. The van der Waals surface area contributed by atoms with Gasteiger partial charge in [0.1, 0.15) is 0 Å². The van der Waals surface area contributed by atoms with Crippen LogP contribution in [0.25, 0.3) is 0 Å². The Balaban J connectivity index is 2.57. The molecule has 0 aromatic rings. The minimum atomic E-state index is -3.14. The van der Waals surface area contributed by atoms with Gasteiger partial charge in [0.25, 0.3) is 0 Å². The molecule has 0 radical (unpaired) electrons. The van der Waals surface area contributed by atoms with E-state index in [1.165, 1.54) is 0 Å². The average Bonchev–Trinajstić information content (AvgIpc) is 2.27. The van der Waals surface area contributed by atoms with Crippen molar-refractivity contribution < 1.29 is 13.2 Å². The number of hydrogen-bond acceptors (Lipinski definition) is 5. The fourth-order valence-electron chi connectivity index (χ4n) is 1.88. The van der Waals surface area contributed by atoms with Gasteiger partial charge in [-0.1, -0.05) is 0 Å². The highest BCUT2D eigenvalue weighted by molar-refractivity contribution is 7.92. The molecule has 1 fully saturated rings. The summed E-state index contributed by atoms with van der Waals surface area (Å²) in [4.78, 5) is 2.25. The second kappa shape index (κ2) is 6.13. The summed E-state index contributed by atoms with van der Waals surface area (Å²) in [6.07, 6.45) is -0.217. The average molecular weight is 264 g/mol. The summed E-state index contributed by atoms with van der Waals surface area (Å²) in [6.45, 7) is 8.21. The van der Waals surface area contributed by atoms with Crippen LogP contribution < -0.4 is 5.73 Å². The maximum atomic E-state index is 11.9. The lowest BCUT2D eigenvalue weighted by Gasteiger charge is -2.35. The van der Waals surface area contributed by atoms with Crippen LogP contribution >= 0.6 is 0 Å². The summed E-state index contributed by atoms with van der Waals surface area (Å²) in [5.41, 5.74) is 5.41. The molecule has 0 amide bonds. The molecule has 1 heterocycles. The predicted molar refractivity (Wildman–Crippen MR) is 68.8 cm³/mol. The van der Waals surface area contributed by atoms with Crippen LogP contribution in [0.3, 0.4) is 0 Å². The zero-order valence-electron chi connectivity index (χ0n) is 10.9. The standard InChI is InChI=1S/C11H24N2O3S/c1-9(2)13-4-5-16-11(7-13)8-17(14,15)10(3)6-12/h9-11H,4-8,12H2,1-3H3. The maximum Gasteiger partial charge on any atom is 0.156 e. The third kappa shape index (κ3) is 4.21. The highest BCUT2D eigenvalue weighted by Gasteiger charge is 2.29. The van der Waals surface area contributed by atoms with Gasteiger partial charge in [-0.15, -0.1) is 0 Å². The van der Waals surface area contributed by atoms with E-state index in [0.717, 1.165) is 6.54 Å². The number of nitrogens with zero attached hydrogens (tertiary/aromatic N) is 1. The summed E-state index contributed by atoms with van der Waals surface area (Å²) < 4.78 is 29.4. The van der Waals surface area contributed by atoms with Crippen LogP contribution in [-0.4, -0.2) is 62.7 Å². The van der Waals surface area contributed by atoms with Crippen molar-refractivity contribution in [1.82, 2.24) is 4.90 Å². The Kier molecular flexibility index (Phi) is 5.37. The van der Waals surface area contributed by atoms with Crippen LogP contribution in [0, 0.1) is 0 Å². The van der Waals surface area contributed by atoms with Crippen LogP contribution in [0.2, 0.25) is 0 Å². The van der Waals surface area contributed by atoms with Gasteiger partial charge >= 0.3 is 0 Å². The molecule has 0 aliphatic carbocycles. The third-order valence-electron chi connectivity index (χ3n) is 3.26. The Morgan fingerprint density at radius 2 is 2.06 bits per heavy atom. The van der Waals surface area contributed by atoms with Gasteiger partial charge in [0, 0.05) is 25.7 Å². The molecule has 1 aliphatic heterocycles. The number of sulfone groups is 1. The lowest BCUT2D eigenvalue weighted by atomic mass is 10.2. The first-order valence-electron chi connectivity index (χ1n) is 6.14. The van der Waals surface area contributed by atoms with E-state index < -0.39 is 15.1 Å². The number of rotatable bonds is 5. The van der Waals surface area contributed by atoms with Crippen molar-refractivity contribution in [1.29, 1.82) is 0 Å². The minimum absolute atomic E-state index is 0.0780. The van der Waals surface area contributed by atoms with Crippen molar-refractivity contribution in [3.63, 3.8) is 0 Å². The predicted octanol–water partition coefficient (Wildman–Crippen LogP) is -0.142. The van der Waals surface area contributed by atoms with Gasteiger partial charge in [0.05, 0.1) is 23.7 Å². The molecule has 0 aromatic heterocycles. The Hall–Kier alpha value is -0.170. The Morgan fingerprint density at radius 1 is 1.41 bits per heavy atom. The quantitative estimate of drug-likeness (QED) is 0.748. The molecule has 102 valence electrons. The van der Waals surface area contributed by atoms with E-state index in [9.17, 15) is 8.42 Å². The lowest BCUT2D eigenvalue weighted by Crippen LogP contribution is -2.49. The zero-order valence-corrected chi connectivity index (χ0v) is 11.7. The van der Waals surface area contributed by atoms with Gasteiger partial charge in [0.2, 0.25) is 0 Å². The summed E-state index contributed by atoms with van der Waals surface area (Å²) in [5.74, 6) is 0.0780. The molecule has 2 unspecified atom stereocenters. The first-order valence-corrected chi connectivity index (χ1v) is 7.85. The van der Waals surface area contributed by atoms with E-state index in [4.69, 9.17) is 10.5 Å². The van der Waals surface area contributed by atoms with Gasteiger partial charge in [-0.25, -0.2) is 8.42 Å². The fraction of sp³-hybridized carbons (Fsp3) is 1.00. The molecule has 2 atom stereocenters. The number of nitrogens with two attached hydrogens (primary N) is 1. The van der Waals surface area contributed by atoms with E-state index in [1.807, 2.05) is 0 Å². The third-order valence-corrected chi connectivity index (χ3v) is 5.52. The molecule has 0 spiro atoms. The molecular formula is C11H24N2O3S. The molecule has 0 bridgehead atoms. The lowest BCUT2D eigenvalue weighted by molar-refractivity contribution is -0.0272. The first kappa shape index (κ1) is 14.9. The summed E-state index contributed by atoms with van der Waals surface area (Å²) in [6, 6.07) is 0.427. The monoisotopic (exact) mass is 264 g/mol. The molecule has 6 heteroatoms. The van der Waals surface area contributed by atoms with Crippen LogP contribution in [0.5, 0.6) is 0 Å². The highest BCUT2D eigenvalue weighted by atomic mass is 32.2. The van der Waals surface area contributed by atoms with Gasteiger partial charge in [-0.3, -0.25) is 4.90 Å². The minimum Gasteiger partial charge on any atom is -0.374 e. The Labute approximate surface area is 104 Å². The molecule has 2 N–H and O–H groups in total. The van der Waals surface area contributed by atoms with Crippen molar-refractivity contribution in [2.45, 2.75) is 38.2 Å². The van der Waals surface area contributed by atoms with Crippen LogP contribution in [0.4, 0.5) is 0 Å². The molecule has 1 saturated heterocycles. The van der Waals surface area contributed by atoms with Gasteiger partial charge in [-0.2, -0.15) is 0 Å². The highest BCUT2D eigenvalue weighted by Crippen LogP contribution is 2.12. The molecule has 1 rings (SSSR count). The molecular weight excluding hydrogens is 240 g/mol. The van der Waals surface area contributed by atoms with Gasteiger partial charge in [-0.05, 0) is 20.8 Å². The molecule has 17 heavy (non-hydrogen) atoms. The largest absolute Gasteiger partial charge is 0.374 e. The van der Waals surface area contributed by atoms with E-state index in [-0.39, 0.29) is 18.4 Å². The maximum absolute atomic E-state index is 11.9. The van der Waals surface area contributed by atoms with Crippen molar-refractivity contribution in [2.24, 2.45) is 5.73 Å². The molecule has 1 aliphatic rings. The van der Waals surface area contributed by atoms with Crippen molar-refractivity contribution in [2.75, 3.05) is 32.0 Å². The van der Waals surface area contributed by atoms with E-state index in [2.05, 4.69) is 18.7 Å². The van der Waals surface area contributed by atoms with Crippen LogP contribution in [-0.2, 0) is 14.6 Å². The smallest absolute Gasteiger partial charge is 0.156 e. The van der Waals surface area contributed by atoms with Crippen molar-refractivity contribution in [3.8, 4) is 0 Å². The number of ether oxygens (including phenoxy) is 1. The van der Waals surface area contributed by atoms with Crippen molar-refractivity contribution >= 4 is 9.84 Å². The SMILES string of the molecule is CC(C)N1CCOC(CS(=O)(=O)C(C)CN)C1. The summed E-state index contributed by atoms with van der Waals surface area (Å²) in [7, 11) is -3.14. The second-order valence-corrected chi connectivity index (χ2v) is 7.42. The summed E-state index contributed by atoms with van der Waals surface area (Å²) >= 11 is 0. The Morgan fingerprint density at radius 3 is 2.59 bits per heavy atom. The number of hydrogen-bond donors (Lipinski definition) is 1. The van der Waals surface area contributed by atoms with Crippen LogP contribution in [0.1, 0.15) is 20.8 Å². The van der Waals surface area contributed by atoms with Gasteiger partial charge in [0.15, 0.2) is 9.84 Å². The van der Waals surface area contributed by atoms with Crippen molar-refractivity contribution in [3.05, 3.63) is 0 Å². The first-order chi connectivity index (χ1) is 7.86.